The van der Waals surface area contributed by atoms with Crippen LogP contribution in [-0.4, -0.2) is 22.2 Å². The van der Waals surface area contributed by atoms with Gasteiger partial charge in [0.15, 0.2) is 0 Å². The van der Waals surface area contributed by atoms with Crippen molar-refractivity contribution in [3.05, 3.63) is 99.5 Å². The summed E-state index contributed by atoms with van der Waals surface area (Å²) in [5.74, 6) is 0. The first-order valence-corrected chi connectivity index (χ1v) is 11.9. The minimum absolute atomic E-state index is 0.00733. The number of halogens is 3. The predicted molar refractivity (Wildman–Crippen MR) is 133 cm³/mol. The van der Waals surface area contributed by atoms with E-state index in [4.69, 9.17) is 0 Å². The number of rotatable bonds is 4. The summed E-state index contributed by atoms with van der Waals surface area (Å²) >= 11 is 0. The molecule has 5 rings (SSSR count). The summed E-state index contributed by atoms with van der Waals surface area (Å²) in [5, 5.41) is 0. The van der Waals surface area contributed by atoms with Crippen LogP contribution in [0.5, 0.6) is 0 Å². The van der Waals surface area contributed by atoms with E-state index in [9.17, 15) is 18.0 Å². The van der Waals surface area contributed by atoms with Gasteiger partial charge in [-0.3, -0.25) is 9.13 Å². The van der Waals surface area contributed by atoms with Crippen LogP contribution in [0.1, 0.15) is 41.1 Å². The first-order chi connectivity index (χ1) is 16.8. The summed E-state index contributed by atoms with van der Waals surface area (Å²) in [4.78, 5) is 16.0. The van der Waals surface area contributed by atoms with Crippen molar-refractivity contribution in [2.24, 2.45) is 0 Å². The van der Waals surface area contributed by atoms with Gasteiger partial charge >= 0.3 is 11.9 Å². The van der Waals surface area contributed by atoms with Gasteiger partial charge in [0.25, 0.3) is 0 Å². The summed E-state index contributed by atoms with van der Waals surface area (Å²) in [6, 6.07) is 19.2. The Morgan fingerprint density at radius 3 is 2.09 bits per heavy atom. The van der Waals surface area contributed by atoms with E-state index in [1.165, 1.54) is 33.5 Å². The molecule has 1 aliphatic rings. The Labute approximate surface area is 202 Å². The van der Waals surface area contributed by atoms with Gasteiger partial charge in [-0.1, -0.05) is 48.5 Å². The van der Waals surface area contributed by atoms with E-state index in [1.54, 1.807) is 10.6 Å². The molecule has 0 amide bonds. The Balaban J connectivity index is 1.49. The number of para-hydroxylation sites is 3. The maximum absolute atomic E-state index is 13.6. The first kappa shape index (κ1) is 23.3. The van der Waals surface area contributed by atoms with Gasteiger partial charge in [-0.25, -0.2) is 4.79 Å². The van der Waals surface area contributed by atoms with E-state index in [1.807, 2.05) is 24.3 Å². The number of benzene rings is 3. The molecule has 1 saturated heterocycles. The highest BCUT2D eigenvalue weighted by molar-refractivity contribution is 5.76. The van der Waals surface area contributed by atoms with Crippen molar-refractivity contribution in [2.75, 3.05) is 18.0 Å². The molecule has 4 aromatic rings. The second-order valence-electron chi connectivity index (χ2n) is 9.34. The highest BCUT2D eigenvalue weighted by atomic mass is 19.4. The SMILES string of the molecule is Cc1cccc(C)c1N1CCC(n2c(=O)n(Cc3ccccc3C(F)(F)F)c3ccccc32)CC1. The van der Waals surface area contributed by atoms with Crippen LogP contribution in [0.2, 0.25) is 0 Å². The molecular weight excluding hydrogens is 451 g/mol. The van der Waals surface area contributed by atoms with Crippen LogP contribution in [0.15, 0.2) is 71.5 Å². The first-order valence-electron chi connectivity index (χ1n) is 11.9. The van der Waals surface area contributed by atoms with Gasteiger partial charge in [0.1, 0.15) is 0 Å². The van der Waals surface area contributed by atoms with E-state index in [0.29, 0.717) is 5.52 Å². The van der Waals surface area contributed by atoms with Crippen molar-refractivity contribution in [2.45, 2.75) is 45.5 Å². The molecule has 0 unspecified atom stereocenters. The molecule has 0 N–H and O–H groups in total. The molecule has 1 fully saturated rings. The van der Waals surface area contributed by atoms with Crippen LogP contribution >= 0.6 is 0 Å². The lowest BCUT2D eigenvalue weighted by atomic mass is 10.0. The van der Waals surface area contributed by atoms with Crippen LogP contribution in [0.4, 0.5) is 18.9 Å². The molecular formula is C28H28F3N3O. The second kappa shape index (κ2) is 8.95. The number of imidazole rings is 1. The minimum Gasteiger partial charge on any atom is -0.371 e. The number of alkyl halides is 3. The largest absolute Gasteiger partial charge is 0.416 e. The Morgan fingerprint density at radius 2 is 1.43 bits per heavy atom. The monoisotopic (exact) mass is 479 g/mol. The number of aromatic nitrogens is 2. The van der Waals surface area contributed by atoms with Crippen LogP contribution in [0.3, 0.4) is 0 Å². The summed E-state index contributed by atoms with van der Waals surface area (Å²) in [6.45, 7) is 5.75. The molecule has 4 nitrogen and oxygen atoms in total. The molecule has 0 radical (unpaired) electrons. The third kappa shape index (κ3) is 4.24. The topological polar surface area (TPSA) is 30.2 Å². The summed E-state index contributed by atoms with van der Waals surface area (Å²) < 4.78 is 44.1. The quantitative estimate of drug-likeness (QED) is 0.343. The second-order valence-corrected chi connectivity index (χ2v) is 9.34. The molecule has 2 heterocycles. The van der Waals surface area contributed by atoms with Crippen molar-refractivity contribution >= 4 is 16.7 Å². The molecule has 7 heteroatoms. The van der Waals surface area contributed by atoms with Gasteiger partial charge in [-0.2, -0.15) is 13.2 Å². The van der Waals surface area contributed by atoms with Crippen molar-refractivity contribution in [1.29, 1.82) is 0 Å². The van der Waals surface area contributed by atoms with Crippen LogP contribution < -0.4 is 10.6 Å². The molecule has 1 aromatic heterocycles. The zero-order valence-electron chi connectivity index (χ0n) is 19.8. The Morgan fingerprint density at radius 1 is 0.829 bits per heavy atom. The standard InChI is InChI=1S/C28H28F3N3O/c1-19-8-7-9-20(2)26(19)32-16-14-22(15-17-32)34-25-13-6-5-12-24(25)33(27(34)35)18-21-10-3-4-11-23(21)28(29,30)31/h3-13,22H,14-18H2,1-2H3. The molecule has 0 saturated carbocycles. The smallest absolute Gasteiger partial charge is 0.371 e. The van der Waals surface area contributed by atoms with Crippen LogP contribution in [0.25, 0.3) is 11.0 Å². The minimum atomic E-state index is -4.47. The summed E-state index contributed by atoms with van der Waals surface area (Å²) in [6.07, 6.45) is -2.89. The predicted octanol–water partition coefficient (Wildman–Crippen LogP) is 6.33. The normalized spacial score (nSPS) is 15.2. The van der Waals surface area contributed by atoms with Gasteiger partial charge in [0, 0.05) is 24.8 Å². The van der Waals surface area contributed by atoms with Crippen molar-refractivity contribution in [3.8, 4) is 0 Å². The van der Waals surface area contributed by atoms with Gasteiger partial charge in [-0.05, 0) is 61.6 Å². The van der Waals surface area contributed by atoms with E-state index < -0.39 is 11.7 Å². The van der Waals surface area contributed by atoms with E-state index in [-0.39, 0.29) is 23.8 Å². The van der Waals surface area contributed by atoms with Crippen molar-refractivity contribution in [1.82, 2.24) is 9.13 Å². The number of anilines is 1. The lowest BCUT2D eigenvalue weighted by Gasteiger charge is -2.35. The van der Waals surface area contributed by atoms with Gasteiger partial charge < -0.3 is 4.90 Å². The van der Waals surface area contributed by atoms with Gasteiger partial charge in [0.2, 0.25) is 0 Å². The zero-order valence-corrected chi connectivity index (χ0v) is 19.8. The number of fused-ring (bicyclic) bond motifs is 1. The van der Waals surface area contributed by atoms with Crippen LogP contribution in [0, 0.1) is 13.8 Å². The van der Waals surface area contributed by atoms with E-state index in [2.05, 4.69) is 36.9 Å². The Kier molecular flexibility index (Phi) is 5.95. The number of hydrogen-bond donors (Lipinski definition) is 0. The molecule has 0 aliphatic carbocycles. The van der Waals surface area contributed by atoms with Crippen LogP contribution in [-0.2, 0) is 12.7 Å². The fraction of sp³-hybridized carbons (Fsp3) is 0.321. The highest BCUT2D eigenvalue weighted by Crippen LogP contribution is 2.34. The molecule has 0 atom stereocenters. The summed E-state index contributed by atoms with van der Waals surface area (Å²) in [5.41, 5.74) is 4.29. The van der Waals surface area contributed by atoms with Gasteiger partial charge in [0.05, 0.1) is 23.1 Å². The molecule has 182 valence electrons. The van der Waals surface area contributed by atoms with Gasteiger partial charge in [-0.15, -0.1) is 0 Å². The molecule has 0 bridgehead atoms. The zero-order chi connectivity index (χ0) is 24.7. The lowest BCUT2D eigenvalue weighted by molar-refractivity contribution is -0.138. The average molecular weight is 480 g/mol. The molecule has 3 aromatic carbocycles. The third-order valence-electron chi connectivity index (χ3n) is 7.11. The number of aryl methyl sites for hydroxylation is 2. The fourth-order valence-electron chi connectivity index (χ4n) is 5.50. The molecule has 35 heavy (non-hydrogen) atoms. The molecule has 1 aliphatic heterocycles. The molecule has 0 spiro atoms. The Bertz CT molecular complexity index is 1410. The fourth-order valence-corrected chi connectivity index (χ4v) is 5.50. The third-order valence-corrected chi connectivity index (χ3v) is 7.11. The Hall–Kier alpha value is -3.48. The number of nitrogens with zero attached hydrogens (tertiary/aromatic N) is 3. The average Bonchev–Trinajstić information content (AvgIpc) is 3.10. The van der Waals surface area contributed by atoms with Crippen molar-refractivity contribution < 1.29 is 13.2 Å². The van der Waals surface area contributed by atoms with E-state index >= 15 is 0 Å². The highest BCUT2D eigenvalue weighted by Gasteiger charge is 2.33. The lowest BCUT2D eigenvalue weighted by Crippen LogP contribution is -2.38. The summed E-state index contributed by atoms with van der Waals surface area (Å²) in [7, 11) is 0. The van der Waals surface area contributed by atoms with Crippen molar-refractivity contribution in [3.63, 3.8) is 0 Å². The number of hydrogen-bond acceptors (Lipinski definition) is 2. The number of piperidine rings is 1. The van der Waals surface area contributed by atoms with E-state index in [0.717, 1.165) is 37.5 Å². The maximum Gasteiger partial charge on any atom is 0.416 e. The maximum atomic E-state index is 13.6.